The predicted molar refractivity (Wildman–Crippen MR) is 111 cm³/mol. The van der Waals surface area contributed by atoms with E-state index in [1.54, 1.807) is 24.3 Å². The molecule has 0 radical (unpaired) electrons. The molecule has 10 heteroatoms. The van der Waals surface area contributed by atoms with Gasteiger partial charge in [-0.3, -0.25) is 4.79 Å². The summed E-state index contributed by atoms with van der Waals surface area (Å²) in [5.74, 6) is -0.221. The van der Waals surface area contributed by atoms with Crippen molar-refractivity contribution in [3.63, 3.8) is 0 Å². The number of rotatable bonds is 12. The first kappa shape index (κ1) is 24.3. The first-order chi connectivity index (χ1) is 13.3. The van der Waals surface area contributed by atoms with Crippen molar-refractivity contribution in [2.75, 3.05) is 23.4 Å². The number of quaternary nitrogens is 1. The van der Waals surface area contributed by atoms with Crippen LogP contribution in [0.2, 0.25) is 0 Å². The van der Waals surface area contributed by atoms with Crippen molar-refractivity contribution in [2.24, 2.45) is 0 Å². The molecule has 1 rings (SSSR count). The van der Waals surface area contributed by atoms with E-state index in [0.29, 0.717) is 30.8 Å². The quantitative estimate of drug-likeness (QED) is 0.293. The summed E-state index contributed by atoms with van der Waals surface area (Å²) >= 11 is 0.197. The molecule has 3 amide bonds. The minimum atomic E-state index is -1.07. The molecule has 0 aromatic heterocycles. The van der Waals surface area contributed by atoms with Gasteiger partial charge in [0.15, 0.2) is 0 Å². The van der Waals surface area contributed by atoms with Crippen LogP contribution in [0.1, 0.15) is 26.7 Å². The molecule has 0 saturated heterocycles. The van der Waals surface area contributed by atoms with Gasteiger partial charge in [0, 0.05) is 19.4 Å². The number of benzene rings is 1. The summed E-state index contributed by atoms with van der Waals surface area (Å²) in [6.45, 7) is 4.20. The molecule has 2 atom stereocenters. The molecule has 0 spiro atoms. The van der Waals surface area contributed by atoms with Gasteiger partial charge >= 0.3 is 126 Å². The van der Waals surface area contributed by atoms with Gasteiger partial charge in [-0.25, -0.2) is 0 Å². The molecular formula is C18H28AsN4O4S+. The predicted octanol–water partition coefficient (Wildman–Crippen LogP) is -0.935. The Balaban J connectivity index is 2.49. The molecule has 0 heterocycles. The second-order valence-electron chi connectivity index (χ2n) is 6.36. The molecular weight excluding hydrogens is 443 g/mol. The molecule has 0 bridgehead atoms. The Bertz CT molecular complexity index is 670. The van der Waals surface area contributed by atoms with E-state index in [1.807, 2.05) is 13.8 Å². The van der Waals surface area contributed by atoms with E-state index in [4.69, 9.17) is 0 Å². The number of anilines is 1. The zero-order chi connectivity index (χ0) is 20.9. The smallest absolute Gasteiger partial charge is 0.355 e. The van der Waals surface area contributed by atoms with E-state index in [1.165, 1.54) is 11.8 Å². The zero-order valence-corrected chi connectivity index (χ0v) is 18.9. The van der Waals surface area contributed by atoms with Crippen LogP contribution in [-0.4, -0.2) is 63.5 Å². The third-order valence-electron chi connectivity index (χ3n) is 3.64. The Morgan fingerprint density at radius 1 is 1.18 bits per heavy atom. The molecule has 1 aromatic carbocycles. The Kier molecular flexibility index (Phi) is 11.7. The average molecular weight is 471 g/mol. The minimum Gasteiger partial charge on any atom is -0.355 e. The van der Waals surface area contributed by atoms with Gasteiger partial charge in [-0.1, -0.05) is 0 Å². The number of thioether (sulfide) groups is 1. The molecule has 8 nitrogen and oxygen atoms in total. The van der Waals surface area contributed by atoms with Crippen molar-refractivity contribution in [3.8, 4) is 0 Å². The van der Waals surface area contributed by atoms with Crippen LogP contribution in [0.3, 0.4) is 0 Å². The molecule has 0 aliphatic rings. The van der Waals surface area contributed by atoms with Gasteiger partial charge in [-0.15, -0.1) is 0 Å². The number of likely N-dealkylation sites (N-methyl/N-ethyl adjacent to an activating group) is 1. The number of hydrogen-bond donors (Lipinski definition) is 4. The fourth-order valence-corrected chi connectivity index (χ4v) is 3.61. The molecule has 28 heavy (non-hydrogen) atoms. The molecule has 6 N–H and O–H groups in total. The Morgan fingerprint density at radius 2 is 1.86 bits per heavy atom. The number of nitrogens with one attached hydrogen (secondary N) is 3. The molecule has 0 fully saturated rings. The molecule has 0 aliphatic heterocycles. The summed E-state index contributed by atoms with van der Waals surface area (Å²) in [5.41, 5.74) is 4.47. The van der Waals surface area contributed by atoms with Crippen molar-refractivity contribution in [3.05, 3.63) is 24.3 Å². The van der Waals surface area contributed by atoms with Gasteiger partial charge in [0.1, 0.15) is 0 Å². The molecule has 2 unspecified atom stereocenters. The molecule has 0 aliphatic carbocycles. The summed E-state index contributed by atoms with van der Waals surface area (Å²) in [6.07, 6.45) is 0.962. The maximum atomic E-state index is 12.2. The van der Waals surface area contributed by atoms with Gasteiger partial charge in [-0.2, -0.15) is 0 Å². The second-order valence-corrected chi connectivity index (χ2v) is 8.86. The first-order valence-corrected chi connectivity index (χ1v) is 11.9. The van der Waals surface area contributed by atoms with Crippen LogP contribution in [0.25, 0.3) is 0 Å². The summed E-state index contributed by atoms with van der Waals surface area (Å²) in [4.78, 5) is 36.3. The molecule has 154 valence electrons. The minimum absolute atomic E-state index is 0.150. The Morgan fingerprint density at radius 3 is 2.43 bits per heavy atom. The fraction of sp³-hybridized carbons (Fsp3) is 0.500. The monoisotopic (exact) mass is 471 g/mol. The van der Waals surface area contributed by atoms with Gasteiger partial charge in [0.25, 0.3) is 0 Å². The van der Waals surface area contributed by atoms with E-state index in [-0.39, 0.29) is 29.5 Å². The van der Waals surface area contributed by atoms with E-state index in [2.05, 4.69) is 21.7 Å². The molecule has 1 aromatic rings. The number of carbonyl (C=O) groups is 3. The zero-order valence-electron chi connectivity index (χ0n) is 16.2. The number of amides is 3. The van der Waals surface area contributed by atoms with Crippen LogP contribution in [0.5, 0.6) is 0 Å². The summed E-state index contributed by atoms with van der Waals surface area (Å²) in [5, 5.41) is 8.18. The SMILES string of the molecule is CCNC(=O)C(CSCC(=O)Nc1ccc([As]=O)cc1)NC(=O)CCC(C)[NH3+]. The van der Waals surface area contributed by atoms with Crippen molar-refractivity contribution in [1.82, 2.24) is 10.6 Å². The van der Waals surface area contributed by atoms with Crippen LogP contribution in [-0.2, 0) is 18.1 Å². The van der Waals surface area contributed by atoms with Crippen molar-refractivity contribution in [1.29, 1.82) is 0 Å². The fourth-order valence-electron chi connectivity index (χ4n) is 2.20. The summed E-state index contributed by atoms with van der Waals surface area (Å²) < 4.78 is 11.6. The molecule has 0 saturated carbocycles. The van der Waals surface area contributed by atoms with Crippen LogP contribution in [0.15, 0.2) is 24.3 Å². The van der Waals surface area contributed by atoms with Gasteiger partial charge in [0.05, 0.1) is 6.04 Å². The topological polar surface area (TPSA) is 132 Å². The van der Waals surface area contributed by atoms with Gasteiger partial charge in [0.2, 0.25) is 0 Å². The van der Waals surface area contributed by atoms with Crippen LogP contribution < -0.4 is 26.0 Å². The summed E-state index contributed by atoms with van der Waals surface area (Å²) in [6, 6.07) is 6.30. The number of carbonyl (C=O) groups excluding carboxylic acids is 3. The normalized spacial score (nSPS) is 12.8. The van der Waals surface area contributed by atoms with Gasteiger partial charge < -0.3 is 5.73 Å². The maximum absolute atomic E-state index is 12.2. The second kappa shape index (κ2) is 13.5. The van der Waals surface area contributed by atoms with Crippen molar-refractivity contribution < 1.29 is 23.9 Å². The Hall–Kier alpha value is -1.70. The van der Waals surface area contributed by atoms with Crippen LogP contribution in [0, 0.1) is 0 Å². The van der Waals surface area contributed by atoms with E-state index >= 15 is 0 Å². The van der Waals surface area contributed by atoms with Crippen LogP contribution >= 0.6 is 11.8 Å². The van der Waals surface area contributed by atoms with E-state index < -0.39 is 21.7 Å². The van der Waals surface area contributed by atoms with Crippen LogP contribution in [0.4, 0.5) is 5.69 Å². The van der Waals surface area contributed by atoms with Gasteiger partial charge in [-0.05, 0) is 13.8 Å². The Labute approximate surface area is 176 Å². The van der Waals surface area contributed by atoms with Crippen molar-refractivity contribution >= 4 is 55.2 Å². The third kappa shape index (κ3) is 10.0. The standard InChI is InChI=1S/C18H27AsN4O4S/c1-3-21-18(26)15(23-16(24)9-4-12(2)20)10-28-11-17(25)22-14-7-5-13(19-27)6-8-14/h5-8,12,15H,3-4,9-11,20H2,1-2H3,(H,21,26)(H,22,25)(H,23,24)/p+1. The first-order valence-electron chi connectivity index (χ1n) is 9.06. The average Bonchev–Trinajstić information content (AvgIpc) is 2.66. The van der Waals surface area contributed by atoms with Crippen molar-refractivity contribution in [2.45, 2.75) is 38.8 Å². The van der Waals surface area contributed by atoms with E-state index in [0.717, 1.165) is 4.35 Å². The third-order valence-corrected chi connectivity index (χ3v) is 5.74. The van der Waals surface area contributed by atoms with E-state index in [9.17, 15) is 18.1 Å². The summed E-state index contributed by atoms with van der Waals surface area (Å²) in [7, 11) is 0. The number of hydrogen-bond acceptors (Lipinski definition) is 5.